The van der Waals surface area contributed by atoms with Gasteiger partial charge in [-0.15, -0.1) is 0 Å². The number of benzene rings is 5. The molecule has 4 N–H and O–H groups in total. The Labute approximate surface area is 278 Å². The molecule has 0 aromatic heterocycles. The second kappa shape index (κ2) is 14.3. The molecule has 0 bridgehead atoms. The highest BCUT2D eigenvalue weighted by Gasteiger charge is 2.30. The molecule has 246 valence electrons. The number of hydrogen-bond acceptors (Lipinski definition) is 8. The molecule has 0 radical (unpaired) electrons. The maximum atomic E-state index is 13.4. The Balaban J connectivity index is 1.29. The summed E-state index contributed by atoms with van der Waals surface area (Å²) in [6.45, 7) is 3.67. The molecular weight excluding hydrogens is 657 g/mol. The van der Waals surface area contributed by atoms with Gasteiger partial charge in [-0.25, -0.2) is 9.59 Å². The van der Waals surface area contributed by atoms with Crippen LogP contribution in [0.2, 0.25) is 0 Å². The molecular formula is C34H30N4O8S2. The number of amides is 4. The maximum absolute atomic E-state index is 13.4. The summed E-state index contributed by atoms with van der Waals surface area (Å²) in [6, 6.07) is 29.2. The van der Waals surface area contributed by atoms with E-state index in [4.69, 9.17) is 8.37 Å². The molecule has 0 aliphatic carbocycles. The summed E-state index contributed by atoms with van der Waals surface area (Å²) in [7, 11) is -9.46. The first-order chi connectivity index (χ1) is 22.9. The van der Waals surface area contributed by atoms with Gasteiger partial charge < -0.3 is 29.6 Å². The molecule has 48 heavy (non-hydrogen) atoms. The quantitative estimate of drug-likeness (QED) is 0.113. The van der Waals surface area contributed by atoms with Gasteiger partial charge in [-0.3, -0.25) is 0 Å². The summed E-state index contributed by atoms with van der Waals surface area (Å²) in [5.41, 5.74) is 3.32. The predicted octanol–water partition coefficient (Wildman–Crippen LogP) is 7.13. The van der Waals surface area contributed by atoms with Crippen molar-refractivity contribution < 1.29 is 34.8 Å². The van der Waals surface area contributed by atoms with Crippen LogP contribution in [-0.2, 0) is 20.2 Å². The van der Waals surface area contributed by atoms with Gasteiger partial charge >= 0.3 is 32.3 Å². The minimum Gasteiger partial charge on any atom is -0.379 e. The van der Waals surface area contributed by atoms with Crippen molar-refractivity contribution in [2.45, 2.75) is 23.6 Å². The zero-order valence-electron chi connectivity index (χ0n) is 25.6. The number of rotatable bonds is 10. The van der Waals surface area contributed by atoms with Gasteiger partial charge in [-0.2, -0.15) is 16.8 Å². The Morgan fingerprint density at radius 2 is 0.854 bits per heavy atom. The lowest BCUT2D eigenvalue weighted by atomic mass is 10.2. The highest BCUT2D eigenvalue weighted by molar-refractivity contribution is 7.90. The van der Waals surface area contributed by atoms with E-state index in [0.717, 1.165) is 23.3 Å². The molecule has 0 unspecified atom stereocenters. The number of carbonyl (C=O) groups is 2. The van der Waals surface area contributed by atoms with Crippen LogP contribution in [0.3, 0.4) is 0 Å². The van der Waals surface area contributed by atoms with Crippen LogP contribution in [0.1, 0.15) is 11.1 Å². The Kier molecular flexibility index (Phi) is 9.96. The lowest BCUT2D eigenvalue weighted by molar-refractivity contribution is 0.261. The molecule has 0 heterocycles. The summed E-state index contributed by atoms with van der Waals surface area (Å²) in [4.78, 5) is 23.7. The number of hydrogen-bond donors (Lipinski definition) is 4. The van der Waals surface area contributed by atoms with Crippen LogP contribution >= 0.6 is 0 Å². The highest BCUT2D eigenvalue weighted by atomic mass is 32.2. The van der Waals surface area contributed by atoms with Crippen molar-refractivity contribution in [2.75, 3.05) is 21.3 Å². The van der Waals surface area contributed by atoms with Gasteiger partial charge in [-0.1, -0.05) is 60.7 Å². The summed E-state index contributed by atoms with van der Waals surface area (Å²) in [5, 5.41) is 10.6. The van der Waals surface area contributed by atoms with E-state index >= 15 is 0 Å². The van der Waals surface area contributed by atoms with Crippen LogP contribution in [0.25, 0.3) is 0 Å². The Hall–Kier alpha value is -5.86. The largest absolute Gasteiger partial charge is 0.379 e. The first-order valence-electron chi connectivity index (χ1n) is 14.3. The van der Waals surface area contributed by atoms with Crippen molar-refractivity contribution in [1.82, 2.24) is 0 Å². The molecule has 5 aromatic rings. The fourth-order valence-electron chi connectivity index (χ4n) is 4.45. The molecule has 14 heteroatoms. The second-order valence-electron chi connectivity index (χ2n) is 10.4. The molecule has 0 saturated carbocycles. The standard InChI is InChI=1S/C34H30N4O8S2/c1-23-11-3-5-17-29(23)37-33(39)35-25-13-9-15-27(21-25)45-47(41,42)31-19-7-8-20-32(31)48(43,44)46-28-16-10-14-26(22-28)36-34(40)38-30-18-6-4-12-24(30)2/h3-22H,1-2H3,(H2,35,37,39)(H2,36,38,40). The van der Waals surface area contributed by atoms with E-state index in [2.05, 4.69) is 21.3 Å². The van der Waals surface area contributed by atoms with Crippen molar-refractivity contribution in [3.8, 4) is 11.5 Å². The van der Waals surface area contributed by atoms with Gasteiger partial charge in [0.15, 0.2) is 0 Å². The molecule has 0 aliphatic rings. The highest BCUT2D eigenvalue weighted by Crippen LogP contribution is 2.29. The first kappa shape index (κ1) is 33.5. The minimum atomic E-state index is -4.73. The third-order valence-corrected chi connectivity index (χ3v) is 9.51. The van der Waals surface area contributed by atoms with Crippen molar-refractivity contribution in [3.05, 3.63) is 132 Å². The number of urea groups is 2. The maximum Gasteiger partial charge on any atom is 0.340 e. The molecule has 0 spiro atoms. The fourth-order valence-corrected chi connectivity index (χ4v) is 7.08. The molecule has 4 amide bonds. The summed E-state index contributed by atoms with van der Waals surface area (Å²) < 4.78 is 64.1. The van der Waals surface area contributed by atoms with Gasteiger partial charge in [0.05, 0.1) is 0 Å². The number of carbonyl (C=O) groups excluding carboxylic acids is 2. The number of aryl methyl sites for hydroxylation is 2. The van der Waals surface area contributed by atoms with E-state index in [0.29, 0.717) is 11.4 Å². The zero-order chi connectivity index (χ0) is 34.3. The van der Waals surface area contributed by atoms with Crippen LogP contribution in [0, 0.1) is 13.8 Å². The van der Waals surface area contributed by atoms with E-state index in [1.807, 2.05) is 38.1 Å². The van der Waals surface area contributed by atoms with Crippen molar-refractivity contribution in [1.29, 1.82) is 0 Å². The summed E-state index contributed by atoms with van der Waals surface area (Å²) in [5.74, 6) is -0.362. The average Bonchev–Trinajstić information content (AvgIpc) is 3.03. The molecule has 0 aliphatic heterocycles. The van der Waals surface area contributed by atoms with Crippen molar-refractivity contribution in [3.63, 3.8) is 0 Å². The molecule has 5 aromatic carbocycles. The van der Waals surface area contributed by atoms with Crippen LogP contribution in [0.4, 0.5) is 32.3 Å². The lowest BCUT2D eigenvalue weighted by Gasteiger charge is -2.14. The number of anilines is 4. The van der Waals surface area contributed by atoms with Crippen LogP contribution in [0.15, 0.2) is 131 Å². The van der Waals surface area contributed by atoms with E-state index in [1.165, 1.54) is 60.7 Å². The lowest BCUT2D eigenvalue weighted by Crippen LogP contribution is -2.20. The Morgan fingerprint density at radius 1 is 0.479 bits per heavy atom. The van der Waals surface area contributed by atoms with Crippen molar-refractivity contribution >= 4 is 55.0 Å². The van der Waals surface area contributed by atoms with Crippen molar-refractivity contribution in [2.24, 2.45) is 0 Å². The smallest absolute Gasteiger partial charge is 0.340 e. The molecule has 0 fully saturated rings. The van der Waals surface area contributed by atoms with E-state index in [1.54, 1.807) is 24.3 Å². The van der Waals surface area contributed by atoms with Gasteiger partial charge in [0.1, 0.15) is 21.3 Å². The fraction of sp³-hybridized carbons (Fsp3) is 0.0588. The van der Waals surface area contributed by atoms with Gasteiger partial charge in [0.2, 0.25) is 0 Å². The second-order valence-corrected chi connectivity index (χ2v) is 13.4. The topological polar surface area (TPSA) is 169 Å². The molecule has 12 nitrogen and oxygen atoms in total. The Bertz CT molecular complexity index is 2050. The Morgan fingerprint density at radius 3 is 1.25 bits per heavy atom. The van der Waals surface area contributed by atoms with Crippen LogP contribution in [-0.4, -0.2) is 28.9 Å². The third kappa shape index (κ3) is 8.48. The molecule has 0 saturated heterocycles. The molecule has 0 atom stereocenters. The number of para-hydroxylation sites is 2. The minimum absolute atomic E-state index is 0.181. The van der Waals surface area contributed by atoms with Gasteiger partial charge in [-0.05, 0) is 73.5 Å². The van der Waals surface area contributed by atoms with E-state index in [-0.39, 0.29) is 22.9 Å². The van der Waals surface area contributed by atoms with Crippen LogP contribution < -0.4 is 29.6 Å². The SMILES string of the molecule is Cc1ccccc1NC(=O)Nc1cccc(OS(=O)(=O)c2ccccc2S(=O)(=O)Oc2cccc(NC(=O)Nc3ccccc3C)c2)c1. The normalized spacial score (nSPS) is 11.2. The van der Waals surface area contributed by atoms with E-state index in [9.17, 15) is 26.4 Å². The third-order valence-electron chi connectivity index (χ3n) is 6.77. The molecule has 5 rings (SSSR count). The van der Waals surface area contributed by atoms with Crippen LogP contribution in [0.5, 0.6) is 11.5 Å². The van der Waals surface area contributed by atoms with Gasteiger partial charge in [0, 0.05) is 34.9 Å². The summed E-state index contributed by atoms with van der Waals surface area (Å²) >= 11 is 0. The zero-order valence-corrected chi connectivity index (χ0v) is 27.3. The monoisotopic (exact) mass is 686 g/mol. The van der Waals surface area contributed by atoms with E-state index < -0.39 is 42.1 Å². The first-order valence-corrected chi connectivity index (χ1v) is 17.2. The number of nitrogens with one attached hydrogen (secondary N) is 4. The average molecular weight is 687 g/mol. The predicted molar refractivity (Wildman–Crippen MR) is 183 cm³/mol. The summed E-state index contributed by atoms with van der Waals surface area (Å²) in [6.07, 6.45) is 0. The van der Waals surface area contributed by atoms with Gasteiger partial charge in [0.25, 0.3) is 0 Å².